The van der Waals surface area contributed by atoms with E-state index in [1.807, 2.05) is 24.3 Å². The lowest BCUT2D eigenvalue weighted by Crippen LogP contribution is -2.23. The summed E-state index contributed by atoms with van der Waals surface area (Å²) in [5, 5.41) is 3.35. The molecule has 0 fully saturated rings. The van der Waals surface area contributed by atoms with Gasteiger partial charge in [-0.3, -0.25) is 0 Å². The summed E-state index contributed by atoms with van der Waals surface area (Å²) < 4.78 is 28.0. The summed E-state index contributed by atoms with van der Waals surface area (Å²) in [5.74, 6) is -1.09. The van der Waals surface area contributed by atoms with E-state index in [2.05, 4.69) is 34.8 Å². The quantitative estimate of drug-likeness (QED) is 0.737. The molecule has 106 valence electrons. The van der Waals surface area contributed by atoms with Gasteiger partial charge >= 0.3 is 0 Å². The molecule has 0 spiro atoms. The second-order valence-electron chi connectivity index (χ2n) is 4.64. The Bertz CT molecular complexity index is 566. The highest BCUT2D eigenvalue weighted by Gasteiger charge is 2.15. The van der Waals surface area contributed by atoms with Crippen molar-refractivity contribution < 1.29 is 8.78 Å². The van der Waals surface area contributed by atoms with Crippen molar-refractivity contribution >= 4 is 22.6 Å². The smallest absolute Gasteiger partial charge is 0.126 e. The van der Waals surface area contributed by atoms with Crippen LogP contribution in [0.2, 0.25) is 0 Å². The highest BCUT2D eigenvalue weighted by atomic mass is 127. The largest absolute Gasteiger partial charge is 0.306 e. The van der Waals surface area contributed by atoms with Gasteiger partial charge in [-0.25, -0.2) is 8.78 Å². The van der Waals surface area contributed by atoms with Crippen LogP contribution in [-0.4, -0.2) is 6.54 Å². The third-order valence-electron chi connectivity index (χ3n) is 3.00. The molecule has 0 bridgehead atoms. The minimum absolute atomic E-state index is 0.199. The Kier molecular flexibility index (Phi) is 5.48. The first kappa shape index (κ1) is 15.4. The molecule has 0 saturated heterocycles. The lowest BCUT2D eigenvalue weighted by atomic mass is 9.98. The van der Waals surface area contributed by atoms with Gasteiger partial charge in [-0.1, -0.05) is 19.1 Å². The van der Waals surface area contributed by atoms with Crippen molar-refractivity contribution in [1.82, 2.24) is 5.32 Å². The van der Waals surface area contributed by atoms with E-state index in [4.69, 9.17) is 0 Å². The summed E-state index contributed by atoms with van der Waals surface area (Å²) in [7, 11) is 0. The minimum atomic E-state index is -0.547. The Morgan fingerprint density at radius 2 is 1.75 bits per heavy atom. The second kappa shape index (κ2) is 7.13. The van der Waals surface area contributed by atoms with Gasteiger partial charge in [0.15, 0.2) is 0 Å². The van der Waals surface area contributed by atoms with Crippen LogP contribution < -0.4 is 5.32 Å². The zero-order valence-corrected chi connectivity index (χ0v) is 13.3. The number of hydrogen-bond acceptors (Lipinski definition) is 1. The average molecular weight is 387 g/mol. The third kappa shape index (κ3) is 3.99. The van der Waals surface area contributed by atoms with Crippen LogP contribution in [0.15, 0.2) is 42.5 Å². The monoisotopic (exact) mass is 387 g/mol. The molecule has 0 aliphatic carbocycles. The predicted molar refractivity (Wildman–Crippen MR) is 85.7 cm³/mol. The van der Waals surface area contributed by atoms with Gasteiger partial charge in [-0.2, -0.15) is 0 Å². The molecule has 1 unspecified atom stereocenters. The topological polar surface area (TPSA) is 12.0 Å². The van der Waals surface area contributed by atoms with Crippen LogP contribution in [0.3, 0.4) is 0 Å². The Hall–Kier alpha value is -1.01. The highest BCUT2D eigenvalue weighted by molar-refractivity contribution is 14.1. The first-order valence-corrected chi connectivity index (χ1v) is 7.63. The Labute approximate surface area is 131 Å². The molecule has 2 rings (SSSR count). The fourth-order valence-corrected chi connectivity index (χ4v) is 2.71. The van der Waals surface area contributed by atoms with Gasteiger partial charge in [0.05, 0.1) is 6.04 Å². The molecule has 0 aromatic heterocycles. The summed E-state index contributed by atoms with van der Waals surface area (Å²) in [4.78, 5) is 0. The number of benzene rings is 2. The van der Waals surface area contributed by atoms with Gasteiger partial charge in [-0.05, 0) is 70.9 Å². The number of hydrogen-bond donors (Lipinski definition) is 1. The van der Waals surface area contributed by atoms with E-state index in [9.17, 15) is 8.78 Å². The maximum absolute atomic E-state index is 13.4. The van der Waals surface area contributed by atoms with Crippen LogP contribution in [0.25, 0.3) is 0 Å². The summed E-state index contributed by atoms with van der Waals surface area (Å²) in [6.07, 6.45) is 0.957. The SMILES string of the molecule is CCCNC(c1cc(F)cc(F)c1)c1cccc(I)c1. The van der Waals surface area contributed by atoms with E-state index in [1.54, 1.807) is 0 Å². The van der Waals surface area contributed by atoms with Crippen molar-refractivity contribution in [1.29, 1.82) is 0 Å². The molecule has 1 nitrogen and oxygen atoms in total. The Balaban J connectivity index is 2.41. The highest BCUT2D eigenvalue weighted by Crippen LogP contribution is 2.25. The summed E-state index contributed by atoms with van der Waals surface area (Å²) >= 11 is 2.23. The summed E-state index contributed by atoms with van der Waals surface area (Å²) in [6, 6.07) is 11.4. The first-order chi connectivity index (χ1) is 9.60. The van der Waals surface area contributed by atoms with Gasteiger partial charge in [-0.15, -0.1) is 0 Å². The van der Waals surface area contributed by atoms with E-state index in [0.717, 1.165) is 28.2 Å². The van der Waals surface area contributed by atoms with Gasteiger partial charge in [0.2, 0.25) is 0 Å². The third-order valence-corrected chi connectivity index (χ3v) is 3.67. The van der Waals surface area contributed by atoms with E-state index >= 15 is 0 Å². The molecule has 1 atom stereocenters. The maximum Gasteiger partial charge on any atom is 0.126 e. The zero-order valence-electron chi connectivity index (χ0n) is 11.2. The Morgan fingerprint density at radius 3 is 2.35 bits per heavy atom. The molecule has 0 radical (unpaired) electrons. The molecule has 2 aromatic carbocycles. The molecular weight excluding hydrogens is 371 g/mol. The average Bonchev–Trinajstić information content (AvgIpc) is 2.38. The van der Waals surface area contributed by atoms with Gasteiger partial charge < -0.3 is 5.32 Å². The number of halogens is 3. The van der Waals surface area contributed by atoms with Crippen molar-refractivity contribution in [2.75, 3.05) is 6.54 Å². The van der Waals surface area contributed by atoms with Crippen LogP contribution in [0.1, 0.15) is 30.5 Å². The summed E-state index contributed by atoms with van der Waals surface area (Å²) in [5.41, 5.74) is 1.62. The molecule has 0 amide bonds. The maximum atomic E-state index is 13.4. The molecule has 1 N–H and O–H groups in total. The van der Waals surface area contributed by atoms with E-state index < -0.39 is 11.6 Å². The van der Waals surface area contributed by atoms with Crippen LogP contribution >= 0.6 is 22.6 Å². The second-order valence-corrected chi connectivity index (χ2v) is 5.89. The van der Waals surface area contributed by atoms with E-state index in [-0.39, 0.29) is 6.04 Å². The molecule has 20 heavy (non-hydrogen) atoms. The fourth-order valence-electron chi connectivity index (χ4n) is 2.14. The van der Waals surface area contributed by atoms with Crippen molar-refractivity contribution in [3.8, 4) is 0 Å². The molecule has 0 aliphatic rings. The number of nitrogens with one attached hydrogen (secondary N) is 1. The van der Waals surface area contributed by atoms with Crippen LogP contribution in [0, 0.1) is 15.2 Å². The molecule has 4 heteroatoms. The van der Waals surface area contributed by atoms with Crippen LogP contribution in [0.5, 0.6) is 0 Å². The van der Waals surface area contributed by atoms with Gasteiger partial charge in [0.1, 0.15) is 11.6 Å². The van der Waals surface area contributed by atoms with Crippen molar-refractivity contribution in [3.63, 3.8) is 0 Å². The standard InChI is InChI=1S/C16H16F2IN/c1-2-6-20-16(11-4-3-5-15(19)9-11)12-7-13(17)10-14(18)8-12/h3-5,7-10,16,20H,2,6H2,1H3. The molecular formula is C16H16F2IN. The predicted octanol–water partition coefficient (Wildman–Crippen LogP) is 4.66. The lowest BCUT2D eigenvalue weighted by Gasteiger charge is -2.20. The fraction of sp³-hybridized carbons (Fsp3) is 0.250. The minimum Gasteiger partial charge on any atom is -0.306 e. The van der Waals surface area contributed by atoms with E-state index in [1.165, 1.54) is 12.1 Å². The lowest BCUT2D eigenvalue weighted by molar-refractivity contribution is 0.558. The first-order valence-electron chi connectivity index (χ1n) is 6.55. The van der Waals surface area contributed by atoms with Gasteiger partial charge in [0, 0.05) is 9.64 Å². The molecule has 0 aliphatic heterocycles. The number of rotatable bonds is 5. The zero-order chi connectivity index (χ0) is 14.5. The van der Waals surface area contributed by atoms with Crippen molar-refractivity contribution in [3.05, 3.63) is 68.8 Å². The molecule has 0 heterocycles. The normalized spacial score (nSPS) is 12.4. The molecule has 0 saturated carbocycles. The Morgan fingerprint density at radius 1 is 1.05 bits per heavy atom. The summed E-state index contributed by atoms with van der Waals surface area (Å²) in [6.45, 7) is 2.85. The van der Waals surface area contributed by atoms with E-state index in [0.29, 0.717) is 5.56 Å². The van der Waals surface area contributed by atoms with Gasteiger partial charge in [0.25, 0.3) is 0 Å². The van der Waals surface area contributed by atoms with Crippen LogP contribution in [0.4, 0.5) is 8.78 Å². The van der Waals surface area contributed by atoms with Crippen LogP contribution in [-0.2, 0) is 0 Å². The van der Waals surface area contributed by atoms with Crippen molar-refractivity contribution in [2.24, 2.45) is 0 Å². The van der Waals surface area contributed by atoms with Crippen molar-refractivity contribution in [2.45, 2.75) is 19.4 Å². The molecule has 2 aromatic rings.